The molecule has 3 heterocycles. The first-order chi connectivity index (χ1) is 20.9. The Labute approximate surface area is 258 Å². The number of nitrogens with zero attached hydrogens (tertiary/aromatic N) is 1. The molecule has 5 rings (SSSR count). The van der Waals surface area contributed by atoms with E-state index in [1.54, 1.807) is 28.4 Å². The fraction of sp³-hybridized carbons (Fsp3) is 0.938. The lowest BCUT2D eigenvalue weighted by molar-refractivity contribution is -0.965. The van der Waals surface area contributed by atoms with Gasteiger partial charge in [-0.2, -0.15) is 0 Å². The molecule has 5 fully saturated rings. The van der Waals surface area contributed by atoms with Gasteiger partial charge in [-0.3, -0.25) is 15.3 Å². The van der Waals surface area contributed by atoms with Gasteiger partial charge in [-0.05, 0) is 88.9 Å². The average Bonchev–Trinajstić information content (AvgIpc) is 3.04. The van der Waals surface area contributed by atoms with Gasteiger partial charge in [0.05, 0.1) is 37.1 Å². The molecule has 0 spiro atoms. The first-order valence-electron chi connectivity index (χ1n) is 16.9. The molecule has 5 aliphatic rings. The number of amides is 2. The van der Waals surface area contributed by atoms with E-state index in [0.29, 0.717) is 24.8 Å². The number of hydrogen-bond acceptors (Lipinski definition) is 8. The monoisotopic (exact) mass is 608 g/mol. The van der Waals surface area contributed by atoms with Gasteiger partial charge in [-0.1, -0.05) is 0 Å². The molecular formula is C32H58N5O6+. The Hall–Kier alpha value is -1.34. The molecule has 2 amide bonds. The van der Waals surface area contributed by atoms with Gasteiger partial charge in [0.15, 0.2) is 12.3 Å². The second-order valence-corrected chi connectivity index (χ2v) is 13.8. The lowest BCUT2D eigenvalue weighted by Gasteiger charge is -2.53. The number of piperidine rings is 2. The maximum atomic E-state index is 13.8. The van der Waals surface area contributed by atoms with Gasteiger partial charge < -0.3 is 34.1 Å². The van der Waals surface area contributed by atoms with Crippen molar-refractivity contribution in [1.29, 1.82) is 0 Å². The van der Waals surface area contributed by atoms with E-state index in [-0.39, 0.29) is 60.6 Å². The van der Waals surface area contributed by atoms with Gasteiger partial charge in [-0.15, -0.1) is 0 Å². The number of carbonyl (C=O) groups is 2. The summed E-state index contributed by atoms with van der Waals surface area (Å²) in [5.41, 5.74) is 7.00. The summed E-state index contributed by atoms with van der Waals surface area (Å²) in [4.78, 5) is 30.8. The molecule has 2 aliphatic carbocycles. The summed E-state index contributed by atoms with van der Waals surface area (Å²) in [6.45, 7) is 2.25. The van der Waals surface area contributed by atoms with Gasteiger partial charge in [0.25, 0.3) is 0 Å². The molecule has 0 aromatic rings. The average molecular weight is 609 g/mol. The third kappa shape index (κ3) is 7.39. The number of ether oxygens (including phenoxy) is 4. The van der Waals surface area contributed by atoms with Crippen LogP contribution in [0.1, 0.15) is 77.0 Å². The predicted octanol–water partition coefficient (Wildman–Crippen LogP) is 0.617. The van der Waals surface area contributed by atoms with E-state index >= 15 is 0 Å². The SMILES string of the molecule is COC1CCC(CCNC(=O)C2CC3C(=O)N4CCCCC4NC3[NH+](CCC3CCC(OC)C(OC)C3)C2N)CC1OC. The Balaban J connectivity index is 1.23. The number of likely N-dealkylation sites (tertiary alicyclic amines) is 1. The maximum Gasteiger partial charge on any atom is 0.234 e. The summed E-state index contributed by atoms with van der Waals surface area (Å²) in [6, 6.07) is 0. The predicted molar refractivity (Wildman–Crippen MR) is 162 cm³/mol. The van der Waals surface area contributed by atoms with Crippen LogP contribution in [0.2, 0.25) is 0 Å². The number of nitrogens with one attached hydrogen (secondary N) is 3. The maximum absolute atomic E-state index is 13.8. The van der Waals surface area contributed by atoms with Crippen molar-refractivity contribution in [3.63, 3.8) is 0 Å². The lowest BCUT2D eigenvalue weighted by Crippen LogP contribution is -3.26. The molecule has 0 aromatic heterocycles. The van der Waals surface area contributed by atoms with E-state index in [9.17, 15) is 9.59 Å². The molecular weight excluding hydrogens is 550 g/mol. The number of quaternary nitrogens is 1. The van der Waals surface area contributed by atoms with Crippen LogP contribution in [-0.2, 0) is 28.5 Å². The van der Waals surface area contributed by atoms with Gasteiger partial charge in [0, 0.05) is 41.5 Å². The second-order valence-electron chi connectivity index (χ2n) is 13.8. The summed E-state index contributed by atoms with van der Waals surface area (Å²) in [5, 5.41) is 7.07. The van der Waals surface area contributed by atoms with E-state index in [1.807, 2.05) is 4.90 Å². The number of hydrogen-bond donors (Lipinski definition) is 4. The topological polar surface area (TPSA) is 129 Å². The normalized spacial score (nSPS) is 41.8. The molecule has 12 unspecified atom stereocenters. The highest BCUT2D eigenvalue weighted by Gasteiger charge is 2.55. The van der Waals surface area contributed by atoms with Crippen molar-refractivity contribution in [2.75, 3.05) is 48.1 Å². The van der Waals surface area contributed by atoms with Crippen molar-refractivity contribution in [1.82, 2.24) is 15.5 Å². The van der Waals surface area contributed by atoms with Crippen molar-refractivity contribution >= 4 is 11.8 Å². The summed E-state index contributed by atoms with van der Waals surface area (Å²) in [6.07, 6.45) is 11.8. The molecule has 5 N–H and O–H groups in total. The van der Waals surface area contributed by atoms with Crippen molar-refractivity contribution in [3.05, 3.63) is 0 Å². The first kappa shape index (κ1) is 33.0. The largest absolute Gasteiger partial charge is 0.379 e. The van der Waals surface area contributed by atoms with Crippen LogP contribution in [0.25, 0.3) is 0 Å². The van der Waals surface area contributed by atoms with Gasteiger partial charge in [0.2, 0.25) is 11.8 Å². The molecule has 0 bridgehead atoms. The minimum absolute atomic E-state index is 0.00839. The van der Waals surface area contributed by atoms with Gasteiger partial charge in [0.1, 0.15) is 11.8 Å². The molecule has 0 aromatic carbocycles. The second kappa shape index (κ2) is 15.3. The van der Waals surface area contributed by atoms with E-state index in [2.05, 4.69) is 10.6 Å². The van der Waals surface area contributed by atoms with Gasteiger partial charge >= 0.3 is 0 Å². The number of carbonyl (C=O) groups excluding carboxylic acids is 2. The minimum Gasteiger partial charge on any atom is -0.379 e. The number of fused-ring (bicyclic) bond motifs is 2. The Kier molecular flexibility index (Phi) is 11.8. The molecule has 246 valence electrons. The Bertz CT molecular complexity index is 927. The fourth-order valence-electron chi connectivity index (χ4n) is 8.96. The molecule has 12 atom stereocenters. The molecule has 3 aliphatic heterocycles. The van der Waals surface area contributed by atoms with Crippen molar-refractivity contribution < 1.29 is 33.4 Å². The van der Waals surface area contributed by atoms with Crippen LogP contribution in [0.4, 0.5) is 0 Å². The van der Waals surface area contributed by atoms with Crippen LogP contribution in [0.3, 0.4) is 0 Å². The van der Waals surface area contributed by atoms with E-state index in [0.717, 1.165) is 83.7 Å². The first-order valence-corrected chi connectivity index (χ1v) is 16.9. The van der Waals surface area contributed by atoms with Crippen molar-refractivity contribution in [3.8, 4) is 0 Å². The third-order valence-corrected chi connectivity index (χ3v) is 11.6. The highest BCUT2D eigenvalue weighted by molar-refractivity contribution is 5.83. The van der Waals surface area contributed by atoms with E-state index in [4.69, 9.17) is 24.7 Å². The highest BCUT2D eigenvalue weighted by atomic mass is 16.5. The minimum atomic E-state index is -0.393. The van der Waals surface area contributed by atoms with Crippen LogP contribution in [0.15, 0.2) is 0 Å². The summed E-state index contributed by atoms with van der Waals surface area (Å²) in [5.74, 6) is 0.575. The zero-order valence-electron chi connectivity index (χ0n) is 26.9. The number of nitrogens with two attached hydrogens (primary N) is 1. The zero-order chi connectivity index (χ0) is 30.5. The highest BCUT2D eigenvalue weighted by Crippen LogP contribution is 2.33. The van der Waals surface area contributed by atoms with Crippen LogP contribution in [0, 0.1) is 23.7 Å². The Morgan fingerprint density at radius 2 is 1.51 bits per heavy atom. The molecule has 3 saturated heterocycles. The fourth-order valence-corrected chi connectivity index (χ4v) is 8.96. The number of rotatable bonds is 11. The number of methoxy groups -OCH3 is 4. The van der Waals surface area contributed by atoms with Crippen LogP contribution in [-0.4, -0.2) is 108 Å². The van der Waals surface area contributed by atoms with Crippen LogP contribution in [0.5, 0.6) is 0 Å². The standard InChI is InChI=1S/C32H57N5O6/c1-40-24-10-8-20(17-26(24)42-3)12-14-34-31(38)22-19-23-30(35-28-7-5-6-15-36(28)32(23)39)37(29(22)33)16-13-21-9-11-25(41-2)27(18-21)43-4/h20-30,35H,5-19,33H2,1-4H3,(H,34,38)/p+1. The molecule has 11 heteroatoms. The zero-order valence-corrected chi connectivity index (χ0v) is 26.9. The Morgan fingerprint density at radius 3 is 2.14 bits per heavy atom. The molecule has 43 heavy (non-hydrogen) atoms. The van der Waals surface area contributed by atoms with Crippen LogP contribution >= 0.6 is 0 Å². The summed E-state index contributed by atoms with van der Waals surface area (Å²) < 4.78 is 22.7. The van der Waals surface area contributed by atoms with Crippen molar-refractivity contribution in [2.24, 2.45) is 29.4 Å². The molecule has 0 radical (unpaired) electrons. The Morgan fingerprint density at radius 1 is 0.884 bits per heavy atom. The summed E-state index contributed by atoms with van der Waals surface area (Å²) >= 11 is 0. The molecule has 2 saturated carbocycles. The van der Waals surface area contributed by atoms with Crippen LogP contribution < -0.4 is 21.3 Å². The van der Waals surface area contributed by atoms with Crippen molar-refractivity contribution in [2.45, 2.75) is 120 Å². The van der Waals surface area contributed by atoms with Gasteiger partial charge in [-0.25, -0.2) is 5.32 Å². The molecule has 11 nitrogen and oxygen atoms in total. The third-order valence-electron chi connectivity index (χ3n) is 11.6. The smallest absolute Gasteiger partial charge is 0.234 e. The lowest BCUT2D eigenvalue weighted by atomic mass is 9.79. The van der Waals surface area contributed by atoms with E-state index in [1.165, 1.54) is 4.90 Å². The quantitative estimate of drug-likeness (QED) is 0.269. The van der Waals surface area contributed by atoms with E-state index < -0.39 is 5.92 Å². The summed E-state index contributed by atoms with van der Waals surface area (Å²) in [7, 11) is 7.04.